The van der Waals surface area contributed by atoms with Crippen LogP contribution in [0.4, 0.5) is 0 Å². The van der Waals surface area contributed by atoms with E-state index in [1.807, 2.05) is 45.0 Å². The molecule has 25 heavy (non-hydrogen) atoms. The summed E-state index contributed by atoms with van der Waals surface area (Å²) >= 11 is 0. The van der Waals surface area contributed by atoms with Gasteiger partial charge in [0.25, 0.3) is 0 Å². The minimum Gasteiger partial charge on any atom is -0.491 e. The molecule has 1 amide bonds. The summed E-state index contributed by atoms with van der Waals surface area (Å²) in [6, 6.07) is 8.03. The van der Waals surface area contributed by atoms with Crippen LogP contribution in [0.15, 0.2) is 24.3 Å². The van der Waals surface area contributed by atoms with Gasteiger partial charge in [-0.05, 0) is 65.2 Å². The van der Waals surface area contributed by atoms with Gasteiger partial charge in [0.1, 0.15) is 5.75 Å². The number of nitrogens with zero attached hydrogens (tertiary/aromatic N) is 1. The predicted octanol–water partition coefficient (Wildman–Crippen LogP) is 2.88. The van der Waals surface area contributed by atoms with Crippen molar-refractivity contribution in [2.75, 3.05) is 6.54 Å². The fourth-order valence-corrected chi connectivity index (χ4v) is 3.62. The van der Waals surface area contributed by atoms with Crippen molar-refractivity contribution in [3.05, 3.63) is 29.8 Å². The Balaban J connectivity index is 1.86. The molecule has 5 heteroatoms. The first-order valence-electron chi connectivity index (χ1n) is 9.29. The quantitative estimate of drug-likeness (QED) is 0.795. The molecule has 2 rings (SSSR count). The first-order valence-corrected chi connectivity index (χ1v) is 9.29. The highest BCUT2D eigenvalue weighted by molar-refractivity contribution is 5.81. The van der Waals surface area contributed by atoms with E-state index in [2.05, 4.69) is 24.1 Å². The topological polar surface area (TPSA) is 61.8 Å². The second-order valence-electron chi connectivity index (χ2n) is 7.40. The number of hydrogen-bond acceptors (Lipinski definition) is 4. The van der Waals surface area contributed by atoms with Crippen LogP contribution in [-0.4, -0.2) is 46.7 Å². The van der Waals surface area contributed by atoms with Crippen LogP contribution in [0.1, 0.15) is 59.1 Å². The molecular weight excluding hydrogens is 316 g/mol. The molecular formula is C20H32N2O3. The van der Waals surface area contributed by atoms with Crippen LogP contribution in [0, 0.1) is 0 Å². The number of ether oxygens (including phenoxy) is 1. The lowest BCUT2D eigenvalue weighted by Crippen LogP contribution is -2.49. The Morgan fingerprint density at radius 3 is 2.28 bits per heavy atom. The van der Waals surface area contributed by atoms with Crippen molar-refractivity contribution in [1.82, 2.24) is 10.2 Å². The standard InChI is InChI=1S/C20H32N2O3/c1-13(2)25-18-10-8-17(9-11-18)19(23)12-21-20(24)16(5)22-14(3)6-7-15(22)4/h8-11,13-16,19,23H,6-7,12H2,1-5H3,(H,21,24). The van der Waals surface area contributed by atoms with Crippen LogP contribution in [-0.2, 0) is 4.79 Å². The van der Waals surface area contributed by atoms with E-state index in [9.17, 15) is 9.90 Å². The fraction of sp³-hybridized carbons (Fsp3) is 0.650. The Hall–Kier alpha value is -1.59. The number of amides is 1. The third-order valence-corrected chi connectivity index (χ3v) is 4.95. The minimum atomic E-state index is -0.724. The molecule has 0 bridgehead atoms. The molecule has 1 aromatic rings. The van der Waals surface area contributed by atoms with Gasteiger partial charge in [-0.3, -0.25) is 9.69 Å². The minimum absolute atomic E-state index is 0.0283. The van der Waals surface area contributed by atoms with Crippen molar-refractivity contribution in [1.29, 1.82) is 0 Å². The van der Waals surface area contributed by atoms with Gasteiger partial charge >= 0.3 is 0 Å². The first-order chi connectivity index (χ1) is 11.8. The van der Waals surface area contributed by atoms with Crippen LogP contribution in [0.5, 0.6) is 5.75 Å². The third kappa shape index (κ3) is 5.19. The van der Waals surface area contributed by atoms with Crippen LogP contribution in [0.2, 0.25) is 0 Å². The number of carbonyl (C=O) groups is 1. The Kier molecular flexibility index (Phi) is 6.85. The van der Waals surface area contributed by atoms with Crippen molar-refractivity contribution in [2.45, 2.75) is 77.8 Å². The Bertz CT molecular complexity index is 549. The molecule has 1 aromatic carbocycles. The van der Waals surface area contributed by atoms with Crippen molar-refractivity contribution in [2.24, 2.45) is 0 Å². The SMILES string of the molecule is CC(C)Oc1ccc(C(O)CNC(=O)C(C)N2C(C)CCC2C)cc1. The smallest absolute Gasteiger partial charge is 0.237 e. The maximum absolute atomic E-state index is 12.4. The predicted molar refractivity (Wildman–Crippen MR) is 99.6 cm³/mol. The van der Waals surface area contributed by atoms with Gasteiger partial charge < -0.3 is 15.2 Å². The van der Waals surface area contributed by atoms with Crippen molar-refractivity contribution in [3.63, 3.8) is 0 Å². The Labute approximate surface area is 151 Å². The van der Waals surface area contributed by atoms with Crippen molar-refractivity contribution in [3.8, 4) is 5.75 Å². The molecule has 0 saturated carbocycles. The molecule has 1 aliphatic rings. The van der Waals surface area contributed by atoms with E-state index in [1.165, 1.54) is 0 Å². The Morgan fingerprint density at radius 1 is 1.20 bits per heavy atom. The van der Waals surface area contributed by atoms with E-state index in [4.69, 9.17) is 4.74 Å². The lowest BCUT2D eigenvalue weighted by molar-refractivity contribution is -0.127. The van der Waals surface area contributed by atoms with Gasteiger partial charge in [-0.15, -0.1) is 0 Å². The summed E-state index contributed by atoms with van der Waals surface area (Å²) < 4.78 is 5.60. The molecule has 4 atom stereocenters. The van der Waals surface area contributed by atoms with E-state index in [1.54, 1.807) is 0 Å². The van der Waals surface area contributed by atoms with Crippen LogP contribution < -0.4 is 10.1 Å². The summed E-state index contributed by atoms with van der Waals surface area (Å²) in [5.74, 6) is 0.750. The second kappa shape index (κ2) is 8.68. The van der Waals surface area contributed by atoms with E-state index < -0.39 is 6.10 Å². The van der Waals surface area contributed by atoms with E-state index in [-0.39, 0.29) is 24.6 Å². The van der Waals surface area contributed by atoms with Crippen LogP contribution >= 0.6 is 0 Å². The zero-order chi connectivity index (χ0) is 18.6. The number of nitrogens with one attached hydrogen (secondary N) is 1. The van der Waals surface area contributed by atoms with Gasteiger partial charge in [-0.25, -0.2) is 0 Å². The molecule has 0 radical (unpaired) electrons. The number of hydrogen-bond donors (Lipinski definition) is 2. The monoisotopic (exact) mass is 348 g/mol. The average molecular weight is 348 g/mol. The largest absolute Gasteiger partial charge is 0.491 e. The number of aliphatic hydroxyl groups excluding tert-OH is 1. The van der Waals surface area contributed by atoms with Crippen LogP contribution in [0.3, 0.4) is 0 Å². The van der Waals surface area contributed by atoms with E-state index >= 15 is 0 Å². The molecule has 0 aromatic heterocycles. The lowest BCUT2D eigenvalue weighted by atomic mass is 10.1. The fourth-order valence-electron chi connectivity index (χ4n) is 3.62. The lowest BCUT2D eigenvalue weighted by Gasteiger charge is -2.31. The summed E-state index contributed by atoms with van der Waals surface area (Å²) in [5, 5.41) is 13.2. The zero-order valence-corrected chi connectivity index (χ0v) is 16.0. The highest BCUT2D eigenvalue weighted by Gasteiger charge is 2.34. The summed E-state index contributed by atoms with van der Waals surface area (Å²) in [6.07, 6.45) is 1.66. The summed E-state index contributed by atoms with van der Waals surface area (Å²) in [7, 11) is 0. The maximum Gasteiger partial charge on any atom is 0.237 e. The molecule has 0 spiro atoms. The normalized spacial score (nSPS) is 23.5. The van der Waals surface area contributed by atoms with Gasteiger partial charge in [-0.1, -0.05) is 12.1 Å². The van der Waals surface area contributed by atoms with Crippen LogP contribution in [0.25, 0.3) is 0 Å². The third-order valence-electron chi connectivity index (χ3n) is 4.95. The highest BCUT2D eigenvalue weighted by Crippen LogP contribution is 2.26. The highest BCUT2D eigenvalue weighted by atomic mass is 16.5. The van der Waals surface area contributed by atoms with Gasteiger partial charge in [0.15, 0.2) is 0 Å². The van der Waals surface area contributed by atoms with Crippen molar-refractivity contribution < 1.29 is 14.6 Å². The molecule has 0 aliphatic carbocycles. The second-order valence-corrected chi connectivity index (χ2v) is 7.40. The summed E-state index contributed by atoms with van der Waals surface area (Å²) in [4.78, 5) is 14.7. The number of aliphatic hydroxyl groups is 1. The molecule has 4 unspecified atom stereocenters. The summed E-state index contributed by atoms with van der Waals surface area (Å²) in [5.41, 5.74) is 0.770. The molecule has 5 nitrogen and oxygen atoms in total. The van der Waals surface area contributed by atoms with Gasteiger partial charge in [-0.2, -0.15) is 0 Å². The number of rotatable bonds is 7. The van der Waals surface area contributed by atoms with Gasteiger partial charge in [0.2, 0.25) is 5.91 Å². The Morgan fingerprint density at radius 2 is 1.76 bits per heavy atom. The van der Waals surface area contributed by atoms with Gasteiger partial charge in [0, 0.05) is 18.6 Å². The number of carbonyl (C=O) groups excluding carboxylic acids is 1. The zero-order valence-electron chi connectivity index (χ0n) is 16.0. The number of likely N-dealkylation sites (tertiary alicyclic amines) is 1. The molecule has 140 valence electrons. The maximum atomic E-state index is 12.4. The molecule has 2 N–H and O–H groups in total. The first kappa shape index (κ1) is 19.7. The molecule has 1 saturated heterocycles. The molecule has 1 aliphatic heterocycles. The molecule has 1 fully saturated rings. The van der Waals surface area contributed by atoms with E-state index in [0.717, 1.165) is 24.2 Å². The average Bonchev–Trinajstić information content (AvgIpc) is 2.90. The summed E-state index contributed by atoms with van der Waals surface area (Å²) in [6.45, 7) is 10.4. The van der Waals surface area contributed by atoms with E-state index in [0.29, 0.717) is 12.1 Å². The van der Waals surface area contributed by atoms with Crippen molar-refractivity contribution >= 4 is 5.91 Å². The van der Waals surface area contributed by atoms with Gasteiger partial charge in [0.05, 0.1) is 18.2 Å². The molecule has 1 heterocycles. The number of benzene rings is 1.